The van der Waals surface area contributed by atoms with Crippen LogP contribution in [0.3, 0.4) is 0 Å². The van der Waals surface area contributed by atoms with Crippen LogP contribution in [0.15, 0.2) is 18.5 Å². The Morgan fingerprint density at radius 1 is 1.50 bits per heavy atom. The van der Waals surface area contributed by atoms with Crippen LogP contribution < -0.4 is 0 Å². The summed E-state index contributed by atoms with van der Waals surface area (Å²) in [6.07, 6.45) is 6.52. The molecule has 0 N–H and O–H groups in total. The van der Waals surface area contributed by atoms with E-state index in [1.807, 2.05) is 6.07 Å². The molecule has 0 radical (unpaired) electrons. The first kappa shape index (κ1) is 7.67. The van der Waals surface area contributed by atoms with E-state index in [1.165, 1.54) is 12.8 Å². The van der Waals surface area contributed by atoms with E-state index in [2.05, 4.69) is 10.1 Å². The average molecular weight is 187 g/mol. The number of fused-ring (bicyclic) bond motifs is 1. The van der Waals surface area contributed by atoms with E-state index in [4.69, 9.17) is 0 Å². The molecule has 1 aliphatic carbocycles. The first-order valence-corrected chi connectivity index (χ1v) is 4.67. The van der Waals surface area contributed by atoms with Gasteiger partial charge in [0.1, 0.15) is 0 Å². The second-order valence-electron chi connectivity index (χ2n) is 3.65. The van der Waals surface area contributed by atoms with Crippen molar-refractivity contribution >= 4 is 11.9 Å². The van der Waals surface area contributed by atoms with E-state index in [1.54, 1.807) is 16.9 Å². The van der Waals surface area contributed by atoms with Crippen molar-refractivity contribution in [1.29, 1.82) is 0 Å². The Hall–Kier alpha value is -1.71. The zero-order valence-corrected chi connectivity index (χ0v) is 7.55. The summed E-state index contributed by atoms with van der Waals surface area (Å²) in [5.41, 5.74) is 2.47. The van der Waals surface area contributed by atoms with Gasteiger partial charge in [0.2, 0.25) is 0 Å². The highest BCUT2D eigenvalue weighted by Crippen LogP contribution is 2.39. The summed E-state index contributed by atoms with van der Waals surface area (Å²) in [4.78, 5) is 14.7. The summed E-state index contributed by atoms with van der Waals surface area (Å²) in [7, 11) is 0. The first-order valence-electron chi connectivity index (χ1n) is 4.67. The fraction of sp³-hybridized carbons (Fsp3) is 0.300. The smallest absolute Gasteiger partial charge is 0.155 e. The first-order chi connectivity index (χ1) is 6.86. The molecule has 14 heavy (non-hydrogen) atoms. The molecule has 3 rings (SSSR count). The van der Waals surface area contributed by atoms with Crippen molar-refractivity contribution in [3.63, 3.8) is 0 Å². The summed E-state index contributed by atoms with van der Waals surface area (Å²) in [6.45, 7) is 0. The zero-order valence-electron chi connectivity index (χ0n) is 7.55. The van der Waals surface area contributed by atoms with Gasteiger partial charge in [-0.15, -0.1) is 0 Å². The Morgan fingerprint density at radius 3 is 3.07 bits per heavy atom. The Kier molecular flexibility index (Phi) is 1.45. The van der Waals surface area contributed by atoms with Crippen LogP contribution in [-0.2, 0) is 0 Å². The highest BCUT2D eigenvalue weighted by Gasteiger charge is 2.26. The standard InChI is InChI=1S/C10H9N3O/c14-6-7-4-11-10-3-9(8-1-2-8)12-13(10)5-7/h3-6,8H,1-2H2. The van der Waals surface area contributed by atoms with Crippen LogP contribution in [0, 0.1) is 0 Å². The van der Waals surface area contributed by atoms with Crippen molar-refractivity contribution < 1.29 is 4.79 Å². The maximum Gasteiger partial charge on any atom is 0.155 e. The number of hydrogen-bond acceptors (Lipinski definition) is 3. The molecule has 70 valence electrons. The van der Waals surface area contributed by atoms with Crippen LogP contribution in [0.1, 0.15) is 34.8 Å². The van der Waals surface area contributed by atoms with Crippen LogP contribution in [-0.4, -0.2) is 20.9 Å². The molecule has 0 unspecified atom stereocenters. The maximum absolute atomic E-state index is 10.5. The molecule has 2 aromatic rings. The summed E-state index contributed by atoms with van der Waals surface area (Å²) < 4.78 is 1.68. The monoisotopic (exact) mass is 187 g/mol. The Balaban J connectivity index is 2.17. The largest absolute Gasteiger partial charge is 0.298 e. The van der Waals surface area contributed by atoms with Crippen molar-refractivity contribution in [2.75, 3.05) is 0 Å². The van der Waals surface area contributed by atoms with Crippen molar-refractivity contribution in [3.8, 4) is 0 Å². The zero-order chi connectivity index (χ0) is 9.54. The molecule has 0 atom stereocenters. The van der Waals surface area contributed by atoms with Crippen molar-refractivity contribution in [2.24, 2.45) is 0 Å². The lowest BCUT2D eigenvalue weighted by atomic mass is 10.3. The Morgan fingerprint density at radius 2 is 2.36 bits per heavy atom. The van der Waals surface area contributed by atoms with Gasteiger partial charge >= 0.3 is 0 Å². The third-order valence-electron chi connectivity index (χ3n) is 2.48. The Bertz CT molecular complexity index is 499. The van der Waals surface area contributed by atoms with Gasteiger partial charge in [-0.25, -0.2) is 9.50 Å². The van der Waals surface area contributed by atoms with E-state index in [0.29, 0.717) is 11.5 Å². The molecule has 0 aliphatic heterocycles. The fourth-order valence-electron chi connectivity index (χ4n) is 1.55. The molecule has 4 heteroatoms. The molecule has 0 bridgehead atoms. The molecule has 0 aromatic carbocycles. The second kappa shape index (κ2) is 2.64. The van der Waals surface area contributed by atoms with E-state index in [0.717, 1.165) is 17.6 Å². The lowest BCUT2D eigenvalue weighted by molar-refractivity contribution is 0.112. The SMILES string of the molecule is O=Cc1cnc2cc(C3CC3)nn2c1. The molecule has 0 spiro atoms. The maximum atomic E-state index is 10.5. The van der Waals surface area contributed by atoms with Crippen molar-refractivity contribution in [2.45, 2.75) is 18.8 Å². The number of carbonyl (C=O) groups is 1. The number of rotatable bonds is 2. The summed E-state index contributed by atoms with van der Waals surface area (Å²) in [5, 5.41) is 4.38. The minimum atomic E-state index is 0.558. The van der Waals surface area contributed by atoms with Gasteiger partial charge in [-0.1, -0.05) is 0 Å². The predicted molar refractivity (Wildman–Crippen MR) is 50.3 cm³/mol. The van der Waals surface area contributed by atoms with Gasteiger partial charge in [0.05, 0.1) is 11.3 Å². The van der Waals surface area contributed by atoms with Gasteiger partial charge in [-0.2, -0.15) is 5.10 Å². The van der Waals surface area contributed by atoms with Gasteiger partial charge in [0.25, 0.3) is 0 Å². The summed E-state index contributed by atoms with van der Waals surface area (Å²) in [5.74, 6) is 0.622. The molecule has 2 heterocycles. The highest BCUT2D eigenvalue weighted by molar-refractivity contribution is 5.73. The molecule has 4 nitrogen and oxygen atoms in total. The van der Waals surface area contributed by atoms with Gasteiger partial charge in [-0.05, 0) is 12.8 Å². The normalized spacial score (nSPS) is 16.0. The van der Waals surface area contributed by atoms with Gasteiger partial charge in [0, 0.05) is 24.4 Å². The van der Waals surface area contributed by atoms with Gasteiger partial charge in [-0.3, -0.25) is 4.79 Å². The van der Waals surface area contributed by atoms with E-state index in [9.17, 15) is 4.79 Å². The topological polar surface area (TPSA) is 47.3 Å². The van der Waals surface area contributed by atoms with Gasteiger partial charge in [0.15, 0.2) is 11.9 Å². The van der Waals surface area contributed by atoms with Crippen LogP contribution in [0.5, 0.6) is 0 Å². The minimum Gasteiger partial charge on any atom is -0.298 e. The number of hydrogen-bond donors (Lipinski definition) is 0. The molecular weight excluding hydrogens is 178 g/mol. The van der Waals surface area contributed by atoms with E-state index >= 15 is 0 Å². The summed E-state index contributed by atoms with van der Waals surface area (Å²) >= 11 is 0. The highest BCUT2D eigenvalue weighted by atomic mass is 16.1. The average Bonchev–Trinajstić information content (AvgIpc) is 2.97. The number of carbonyl (C=O) groups excluding carboxylic acids is 1. The molecule has 2 aromatic heterocycles. The van der Waals surface area contributed by atoms with Crippen molar-refractivity contribution in [3.05, 3.63) is 29.7 Å². The third kappa shape index (κ3) is 1.11. The quantitative estimate of drug-likeness (QED) is 0.668. The van der Waals surface area contributed by atoms with Crippen molar-refractivity contribution in [1.82, 2.24) is 14.6 Å². The molecule has 1 fully saturated rings. The summed E-state index contributed by atoms with van der Waals surface area (Å²) in [6, 6.07) is 1.99. The van der Waals surface area contributed by atoms with Gasteiger partial charge < -0.3 is 0 Å². The molecule has 1 saturated carbocycles. The predicted octanol–water partition coefficient (Wildman–Crippen LogP) is 1.42. The fourth-order valence-corrected chi connectivity index (χ4v) is 1.55. The van der Waals surface area contributed by atoms with Crippen LogP contribution in [0.4, 0.5) is 0 Å². The number of nitrogens with zero attached hydrogens (tertiary/aromatic N) is 3. The lowest BCUT2D eigenvalue weighted by Gasteiger charge is -1.91. The van der Waals surface area contributed by atoms with Crippen LogP contribution in [0.2, 0.25) is 0 Å². The van der Waals surface area contributed by atoms with E-state index < -0.39 is 0 Å². The second-order valence-corrected chi connectivity index (χ2v) is 3.65. The Labute approximate surface area is 80.6 Å². The minimum absolute atomic E-state index is 0.558. The van der Waals surface area contributed by atoms with E-state index in [-0.39, 0.29) is 0 Å². The molecule has 1 aliphatic rings. The lowest BCUT2D eigenvalue weighted by Crippen LogP contribution is -1.93. The molecule has 0 amide bonds. The molecule has 0 saturated heterocycles. The van der Waals surface area contributed by atoms with Crippen LogP contribution >= 0.6 is 0 Å². The van der Waals surface area contributed by atoms with Crippen LogP contribution in [0.25, 0.3) is 5.65 Å². The number of aldehydes is 1. The number of aromatic nitrogens is 3. The third-order valence-corrected chi connectivity index (χ3v) is 2.48. The molecular formula is C10H9N3O.